The first kappa shape index (κ1) is 15.4. The Morgan fingerprint density at radius 1 is 1.43 bits per heavy atom. The molecule has 0 aliphatic carbocycles. The maximum atomic E-state index is 10.9. The van der Waals surface area contributed by atoms with Crippen molar-refractivity contribution in [2.75, 3.05) is 5.32 Å². The lowest BCUT2D eigenvalue weighted by molar-refractivity contribution is -0.114. The zero-order valence-electron chi connectivity index (χ0n) is 12.1. The first-order valence-corrected chi connectivity index (χ1v) is 7.82. The van der Waals surface area contributed by atoms with Crippen LogP contribution in [-0.2, 0) is 11.4 Å². The highest BCUT2D eigenvalue weighted by Gasteiger charge is 2.09. The van der Waals surface area contributed by atoms with E-state index in [-0.39, 0.29) is 12.5 Å². The van der Waals surface area contributed by atoms with Crippen molar-refractivity contribution < 1.29 is 9.53 Å². The van der Waals surface area contributed by atoms with Gasteiger partial charge in [-0.05, 0) is 23.5 Å². The van der Waals surface area contributed by atoms with Crippen LogP contribution in [0.2, 0.25) is 5.02 Å². The number of carbonyl (C=O) groups is 1. The van der Waals surface area contributed by atoms with E-state index < -0.39 is 0 Å². The summed E-state index contributed by atoms with van der Waals surface area (Å²) >= 11 is 7.44. The molecule has 0 unspecified atom stereocenters. The molecule has 2 heterocycles. The molecule has 1 amide bonds. The second kappa shape index (κ2) is 6.76. The summed E-state index contributed by atoms with van der Waals surface area (Å²) in [6, 6.07) is 5.65. The molecule has 3 rings (SSSR count). The van der Waals surface area contributed by atoms with Gasteiger partial charge < -0.3 is 14.6 Å². The van der Waals surface area contributed by atoms with Gasteiger partial charge in [0, 0.05) is 35.6 Å². The molecule has 1 N–H and O–H groups in total. The van der Waals surface area contributed by atoms with Crippen LogP contribution in [0.15, 0.2) is 36.9 Å². The van der Waals surface area contributed by atoms with Crippen molar-refractivity contribution in [1.29, 1.82) is 0 Å². The molecule has 0 fully saturated rings. The third-order valence-electron chi connectivity index (χ3n) is 2.88. The predicted molar refractivity (Wildman–Crippen MR) is 87.1 cm³/mol. The van der Waals surface area contributed by atoms with E-state index in [0.29, 0.717) is 15.3 Å². The number of ether oxygens (including phenoxy) is 1. The SMILES string of the molecule is CC(=O)Nc1nnc(OCc2ccc(-n3ccnc3)cc2Cl)s1. The average Bonchev–Trinajstić information content (AvgIpc) is 3.17. The molecule has 1 aromatic carbocycles. The van der Waals surface area contributed by atoms with Crippen molar-refractivity contribution in [1.82, 2.24) is 19.7 Å². The third kappa shape index (κ3) is 3.85. The molecule has 0 bridgehead atoms. The average molecular weight is 350 g/mol. The Hall–Kier alpha value is -2.45. The largest absolute Gasteiger partial charge is 0.464 e. The fourth-order valence-electron chi connectivity index (χ4n) is 1.83. The van der Waals surface area contributed by atoms with E-state index >= 15 is 0 Å². The van der Waals surface area contributed by atoms with Crippen molar-refractivity contribution in [3.8, 4) is 10.9 Å². The fraction of sp³-hybridized carbons (Fsp3) is 0.143. The van der Waals surface area contributed by atoms with Crippen molar-refractivity contribution in [3.05, 3.63) is 47.5 Å². The van der Waals surface area contributed by atoms with Crippen LogP contribution in [0.4, 0.5) is 5.13 Å². The number of halogens is 1. The summed E-state index contributed by atoms with van der Waals surface area (Å²) in [6.45, 7) is 1.67. The van der Waals surface area contributed by atoms with E-state index in [9.17, 15) is 4.79 Å². The molecule has 0 atom stereocenters. The van der Waals surface area contributed by atoms with E-state index in [0.717, 1.165) is 22.6 Å². The Kier molecular flexibility index (Phi) is 4.54. The lowest BCUT2D eigenvalue weighted by Gasteiger charge is -2.07. The van der Waals surface area contributed by atoms with Crippen LogP contribution in [0.1, 0.15) is 12.5 Å². The van der Waals surface area contributed by atoms with E-state index in [1.165, 1.54) is 6.92 Å². The number of aromatic nitrogens is 4. The van der Waals surface area contributed by atoms with Gasteiger partial charge in [0.1, 0.15) is 6.61 Å². The highest BCUT2D eigenvalue weighted by atomic mass is 35.5. The van der Waals surface area contributed by atoms with Crippen LogP contribution >= 0.6 is 22.9 Å². The smallest absolute Gasteiger partial charge is 0.296 e. The van der Waals surface area contributed by atoms with Gasteiger partial charge in [-0.3, -0.25) is 4.79 Å². The summed E-state index contributed by atoms with van der Waals surface area (Å²) in [5.74, 6) is -0.203. The van der Waals surface area contributed by atoms with Crippen LogP contribution < -0.4 is 10.1 Å². The minimum Gasteiger partial charge on any atom is -0.464 e. The van der Waals surface area contributed by atoms with Crippen LogP contribution in [0.25, 0.3) is 5.69 Å². The van der Waals surface area contributed by atoms with Crippen molar-refractivity contribution in [2.45, 2.75) is 13.5 Å². The summed E-state index contributed by atoms with van der Waals surface area (Å²) < 4.78 is 7.42. The van der Waals surface area contributed by atoms with Crippen LogP contribution in [0.3, 0.4) is 0 Å². The molecule has 0 aliphatic rings. The molecule has 0 aliphatic heterocycles. The lowest BCUT2D eigenvalue weighted by atomic mass is 10.2. The number of hydrogen-bond donors (Lipinski definition) is 1. The number of nitrogens with one attached hydrogen (secondary N) is 1. The Labute approximate surface area is 140 Å². The zero-order chi connectivity index (χ0) is 16.2. The van der Waals surface area contributed by atoms with E-state index in [4.69, 9.17) is 16.3 Å². The summed E-state index contributed by atoms with van der Waals surface area (Å²) in [5.41, 5.74) is 1.74. The number of anilines is 1. The van der Waals surface area contributed by atoms with Crippen LogP contribution in [0.5, 0.6) is 5.19 Å². The quantitative estimate of drug-likeness (QED) is 0.765. The summed E-state index contributed by atoms with van der Waals surface area (Å²) in [4.78, 5) is 14.9. The summed E-state index contributed by atoms with van der Waals surface area (Å²) in [7, 11) is 0. The first-order chi connectivity index (χ1) is 11.1. The molecule has 9 heteroatoms. The Balaban J connectivity index is 1.66. The van der Waals surface area contributed by atoms with Crippen molar-refractivity contribution in [3.63, 3.8) is 0 Å². The molecule has 2 aromatic heterocycles. The molecule has 0 saturated heterocycles. The van der Waals surface area contributed by atoms with Gasteiger partial charge in [0.25, 0.3) is 5.19 Å². The van der Waals surface area contributed by atoms with Gasteiger partial charge in [0.15, 0.2) is 0 Å². The molecule has 23 heavy (non-hydrogen) atoms. The second-order valence-electron chi connectivity index (χ2n) is 4.59. The number of benzene rings is 1. The van der Waals surface area contributed by atoms with Crippen molar-refractivity contribution in [2.24, 2.45) is 0 Å². The van der Waals surface area contributed by atoms with Crippen LogP contribution in [0, 0.1) is 0 Å². The normalized spacial score (nSPS) is 10.5. The molecule has 3 aromatic rings. The lowest BCUT2D eigenvalue weighted by Crippen LogP contribution is -2.04. The van der Waals surface area contributed by atoms with Gasteiger partial charge in [-0.25, -0.2) is 4.98 Å². The maximum Gasteiger partial charge on any atom is 0.296 e. The second-order valence-corrected chi connectivity index (χ2v) is 5.94. The first-order valence-electron chi connectivity index (χ1n) is 6.62. The van der Waals surface area contributed by atoms with Gasteiger partial charge in [-0.2, -0.15) is 0 Å². The van der Waals surface area contributed by atoms with E-state index in [2.05, 4.69) is 20.5 Å². The minimum atomic E-state index is -0.203. The van der Waals surface area contributed by atoms with E-state index in [1.54, 1.807) is 12.5 Å². The third-order valence-corrected chi connectivity index (χ3v) is 3.98. The number of amides is 1. The van der Waals surface area contributed by atoms with Gasteiger partial charge >= 0.3 is 0 Å². The number of hydrogen-bond acceptors (Lipinski definition) is 6. The molecule has 0 radical (unpaired) electrons. The van der Waals surface area contributed by atoms with E-state index in [1.807, 2.05) is 29.0 Å². The van der Waals surface area contributed by atoms with Gasteiger partial charge in [0.2, 0.25) is 11.0 Å². The monoisotopic (exact) mass is 349 g/mol. The van der Waals surface area contributed by atoms with Gasteiger partial charge in [0.05, 0.1) is 6.33 Å². The molecular formula is C14H12ClN5O2S. The summed E-state index contributed by atoms with van der Waals surface area (Å²) in [6.07, 6.45) is 5.24. The Morgan fingerprint density at radius 3 is 3.00 bits per heavy atom. The highest BCUT2D eigenvalue weighted by Crippen LogP contribution is 2.25. The fourth-order valence-corrected chi connectivity index (χ4v) is 2.71. The summed E-state index contributed by atoms with van der Waals surface area (Å²) in [5, 5.41) is 11.6. The molecule has 0 saturated carbocycles. The molecule has 0 spiro atoms. The number of rotatable bonds is 5. The molecule has 118 valence electrons. The number of nitrogens with zero attached hydrogens (tertiary/aromatic N) is 4. The topological polar surface area (TPSA) is 81.9 Å². The minimum absolute atomic E-state index is 0.203. The van der Waals surface area contributed by atoms with Gasteiger partial charge in [-0.15, -0.1) is 5.10 Å². The van der Waals surface area contributed by atoms with Gasteiger partial charge in [-0.1, -0.05) is 22.8 Å². The van der Waals surface area contributed by atoms with Crippen LogP contribution in [-0.4, -0.2) is 25.7 Å². The zero-order valence-corrected chi connectivity index (χ0v) is 13.6. The predicted octanol–water partition coefficient (Wildman–Crippen LogP) is 2.91. The standard InChI is InChI=1S/C14H12ClN5O2S/c1-9(21)17-13-18-19-14(23-13)22-7-10-2-3-11(6-12(10)15)20-5-4-16-8-20/h2-6,8H,7H2,1H3,(H,17,18,21). The van der Waals surface area contributed by atoms with Crippen molar-refractivity contribution >= 4 is 34.0 Å². The Bertz CT molecular complexity index is 818. The number of imidazole rings is 1. The maximum absolute atomic E-state index is 10.9. The number of carbonyl (C=O) groups excluding carboxylic acids is 1. The molecule has 7 nitrogen and oxygen atoms in total. The molecular weight excluding hydrogens is 338 g/mol. The highest BCUT2D eigenvalue weighted by molar-refractivity contribution is 7.17. The Morgan fingerprint density at radius 2 is 2.30 bits per heavy atom.